The lowest BCUT2D eigenvalue weighted by molar-refractivity contribution is -0.174. The van der Waals surface area contributed by atoms with Crippen molar-refractivity contribution in [3.63, 3.8) is 0 Å². The molecule has 0 bridgehead atoms. The summed E-state index contributed by atoms with van der Waals surface area (Å²) in [6.45, 7) is 0. The number of hydrogen-bond acceptors (Lipinski definition) is 4. The highest BCUT2D eigenvalue weighted by atomic mass is 19.4. The van der Waals surface area contributed by atoms with Gasteiger partial charge in [-0.25, -0.2) is 0 Å². The van der Waals surface area contributed by atoms with Gasteiger partial charge in [-0.15, -0.1) is 0 Å². The zero-order valence-corrected chi connectivity index (χ0v) is 11.1. The molecule has 116 valence electrons. The fourth-order valence-electron chi connectivity index (χ4n) is 1.64. The first-order valence-corrected chi connectivity index (χ1v) is 5.94. The molecule has 21 heavy (non-hydrogen) atoms. The first kappa shape index (κ1) is 16.8. The van der Waals surface area contributed by atoms with Crippen molar-refractivity contribution in [2.24, 2.45) is 0 Å². The van der Waals surface area contributed by atoms with E-state index in [2.05, 4.69) is 4.74 Å². The number of carbonyl (C=O) groups is 2. The average molecular weight is 305 g/mol. The van der Waals surface area contributed by atoms with E-state index in [-0.39, 0.29) is 18.6 Å². The van der Waals surface area contributed by atoms with Crippen LogP contribution in [0.1, 0.15) is 12.0 Å². The van der Waals surface area contributed by atoms with E-state index in [9.17, 15) is 22.8 Å². The van der Waals surface area contributed by atoms with Gasteiger partial charge in [0.15, 0.2) is 0 Å². The standard InChI is InChI=1S/C13H14F3NO4/c1-21-11(19)7-9(17-12(20)13(14,15)16)6-8-2-4-10(18)5-3-8/h2-5,9,18H,6-7H2,1H3,(H,17,20)/t9-/m1/s1. The molecular weight excluding hydrogens is 291 g/mol. The molecule has 2 N–H and O–H groups in total. The molecule has 0 saturated carbocycles. The van der Waals surface area contributed by atoms with Crippen LogP contribution in [0.5, 0.6) is 5.75 Å². The minimum Gasteiger partial charge on any atom is -0.508 e. The van der Waals surface area contributed by atoms with Crippen LogP contribution < -0.4 is 5.32 Å². The van der Waals surface area contributed by atoms with Gasteiger partial charge in [-0.2, -0.15) is 13.2 Å². The number of rotatable bonds is 5. The number of nitrogens with one attached hydrogen (secondary N) is 1. The number of phenols is 1. The van der Waals surface area contributed by atoms with Gasteiger partial charge in [0.25, 0.3) is 0 Å². The highest BCUT2D eigenvalue weighted by molar-refractivity contribution is 5.82. The van der Waals surface area contributed by atoms with Gasteiger partial charge in [0, 0.05) is 6.04 Å². The van der Waals surface area contributed by atoms with Crippen molar-refractivity contribution in [1.29, 1.82) is 0 Å². The second kappa shape index (κ2) is 6.96. The minimum atomic E-state index is -5.02. The van der Waals surface area contributed by atoms with Crippen molar-refractivity contribution >= 4 is 11.9 Å². The Bertz CT molecular complexity index is 499. The van der Waals surface area contributed by atoms with Crippen LogP contribution in [0.4, 0.5) is 13.2 Å². The van der Waals surface area contributed by atoms with Crippen LogP contribution in [0.25, 0.3) is 0 Å². The average Bonchev–Trinajstić information content (AvgIpc) is 2.40. The molecule has 0 aromatic heterocycles. The molecule has 0 unspecified atom stereocenters. The summed E-state index contributed by atoms with van der Waals surface area (Å²) in [6.07, 6.45) is -5.42. The van der Waals surface area contributed by atoms with Crippen LogP contribution in [0.2, 0.25) is 0 Å². The highest BCUT2D eigenvalue weighted by Gasteiger charge is 2.40. The summed E-state index contributed by atoms with van der Waals surface area (Å²) in [6, 6.07) is 4.63. The van der Waals surface area contributed by atoms with Gasteiger partial charge in [0.05, 0.1) is 13.5 Å². The molecule has 1 amide bonds. The van der Waals surface area contributed by atoms with Crippen molar-refractivity contribution in [2.45, 2.75) is 25.1 Å². The number of ether oxygens (including phenoxy) is 1. The Labute approximate surface area is 118 Å². The fraction of sp³-hybridized carbons (Fsp3) is 0.385. The zero-order chi connectivity index (χ0) is 16.0. The number of esters is 1. The molecule has 0 aliphatic rings. The van der Waals surface area contributed by atoms with E-state index >= 15 is 0 Å². The molecule has 8 heteroatoms. The van der Waals surface area contributed by atoms with Crippen molar-refractivity contribution in [3.8, 4) is 5.75 Å². The molecule has 0 aliphatic heterocycles. The summed E-state index contributed by atoms with van der Waals surface area (Å²) in [4.78, 5) is 22.2. The van der Waals surface area contributed by atoms with Gasteiger partial charge in [-0.05, 0) is 24.1 Å². The zero-order valence-electron chi connectivity index (χ0n) is 11.1. The first-order valence-electron chi connectivity index (χ1n) is 5.94. The Kier molecular flexibility index (Phi) is 5.57. The maximum Gasteiger partial charge on any atom is 0.471 e. The molecule has 1 aromatic rings. The first-order chi connectivity index (χ1) is 9.72. The summed E-state index contributed by atoms with van der Waals surface area (Å²) in [5.41, 5.74) is 0.559. The van der Waals surface area contributed by atoms with E-state index in [4.69, 9.17) is 5.11 Å². The molecule has 0 fully saturated rings. The minimum absolute atomic E-state index is 0.00240. The number of aromatic hydroxyl groups is 1. The predicted molar refractivity (Wildman–Crippen MR) is 66.4 cm³/mol. The van der Waals surface area contributed by atoms with E-state index in [0.29, 0.717) is 5.56 Å². The van der Waals surface area contributed by atoms with Crippen LogP contribution in [0.15, 0.2) is 24.3 Å². The van der Waals surface area contributed by atoms with Crippen LogP contribution in [0.3, 0.4) is 0 Å². The normalized spacial score (nSPS) is 12.6. The highest BCUT2D eigenvalue weighted by Crippen LogP contribution is 2.17. The van der Waals surface area contributed by atoms with Gasteiger partial charge < -0.3 is 15.2 Å². The third kappa shape index (κ3) is 5.72. The van der Waals surface area contributed by atoms with Crippen molar-refractivity contribution in [3.05, 3.63) is 29.8 Å². The number of phenolic OH excluding ortho intramolecular Hbond substituents is 1. The molecular formula is C13H14F3NO4. The monoisotopic (exact) mass is 305 g/mol. The maximum atomic E-state index is 12.3. The van der Waals surface area contributed by atoms with Crippen LogP contribution >= 0.6 is 0 Å². The smallest absolute Gasteiger partial charge is 0.471 e. The Morgan fingerprint density at radius 1 is 1.29 bits per heavy atom. The quantitative estimate of drug-likeness (QED) is 0.809. The van der Waals surface area contributed by atoms with Crippen molar-refractivity contribution in [1.82, 2.24) is 5.32 Å². The van der Waals surface area contributed by atoms with Crippen LogP contribution in [0, 0.1) is 0 Å². The SMILES string of the molecule is COC(=O)C[C@@H](Cc1ccc(O)cc1)NC(=O)C(F)(F)F. The number of methoxy groups -OCH3 is 1. The Morgan fingerprint density at radius 2 is 1.86 bits per heavy atom. The molecule has 0 spiro atoms. The summed E-state index contributed by atoms with van der Waals surface area (Å²) in [7, 11) is 1.10. The van der Waals surface area contributed by atoms with Crippen LogP contribution in [-0.2, 0) is 20.7 Å². The summed E-state index contributed by atoms with van der Waals surface area (Å²) in [5, 5.41) is 10.9. The Morgan fingerprint density at radius 3 is 2.33 bits per heavy atom. The second-order valence-corrected chi connectivity index (χ2v) is 4.32. The third-order valence-corrected chi connectivity index (χ3v) is 2.65. The summed E-state index contributed by atoms with van der Waals surface area (Å²) in [5.74, 6) is -2.85. The van der Waals surface area contributed by atoms with Gasteiger partial charge in [0.1, 0.15) is 5.75 Å². The number of halogens is 3. The second-order valence-electron chi connectivity index (χ2n) is 4.32. The topological polar surface area (TPSA) is 75.6 Å². The third-order valence-electron chi connectivity index (χ3n) is 2.65. The summed E-state index contributed by atoms with van der Waals surface area (Å²) >= 11 is 0. The molecule has 1 rings (SSSR count). The number of benzene rings is 1. The fourth-order valence-corrected chi connectivity index (χ4v) is 1.64. The lowest BCUT2D eigenvalue weighted by Crippen LogP contribution is -2.45. The molecule has 1 aromatic carbocycles. The van der Waals surface area contributed by atoms with E-state index in [1.165, 1.54) is 24.3 Å². The van der Waals surface area contributed by atoms with Crippen molar-refractivity contribution < 1.29 is 32.6 Å². The van der Waals surface area contributed by atoms with Gasteiger partial charge in [-0.3, -0.25) is 9.59 Å². The Balaban J connectivity index is 2.79. The van der Waals surface area contributed by atoms with Gasteiger partial charge >= 0.3 is 18.1 Å². The maximum absolute atomic E-state index is 12.3. The number of alkyl halides is 3. The molecule has 0 aliphatic carbocycles. The van der Waals surface area contributed by atoms with E-state index < -0.39 is 24.1 Å². The van der Waals surface area contributed by atoms with Gasteiger partial charge in [0.2, 0.25) is 0 Å². The summed E-state index contributed by atoms with van der Waals surface area (Å²) < 4.78 is 41.2. The van der Waals surface area contributed by atoms with E-state index in [1.807, 2.05) is 0 Å². The predicted octanol–water partition coefficient (Wildman–Crippen LogP) is 1.54. The lowest BCUT2D eigenvalue weighted by Gasteiger charge is -2.18. The molecule has 0 radical (unpaired) electrons. The van der Waals surface area contributed by atoms with E-state index in [1.54, 1.807) is 5.32 Å². The Hall–Kier alpha value is -2.25. The molecule has 1 atom stereocenters. The number of hydrogen-bond donors (Lipinski definition) is 2. The van der Waals surface area contributed by atoms with Crippen molar-refractivity contribution in [2.75, 3.05) is 7.11 Å². The molecule has 0 heterocycles. The number of carbonyl (C=O) groups excluding carboxylic acids is 2. The lowest BCUT2D eigenvalue weighted by atomic mass is 10.0. The van der Waals surface area contributed by atoms with E-state index in [0.717, 1.165) is 7.11 Å². The van der Waals surface area contributed by atoms with Crippen LogP contribution in [-0.4, -0.2) is 36.3 Å². The number of amides is 1. The van der Waals surface area contributed by atoms with Gasteiger partial charge in [-0.1, -0.05) is 12.1 Å². The largest absolute Gasteiger partial charge is 0.508 e. The molecule has 0 saturated heterocycles. The molecule has 5 nitrogen and oxygen atoms in total.